The summed E-state index contributed by atoms with van der Waals surface area (Å²) in [5.41, 5.74) is 5.08. The highest BCUT2D eigenvalue weighted by Crippen LogP contribution is 2.56. The van der Waals surface area contributed by atoms with Gasteiger partial charge in [-0.15, -0.1) is 11.8 Å². The molecule has 0 spiro atoms. The second-order valence-electron chi connectivity index (χ2n) is 7.16. The molecule has 2 heterocycles. The zero-order valence-electron chi connectivity index (χ0n) is 14.6. The number of aromatic hydroxyl groups is 1. The summed E-state index contributed by atoms with van der Waals surface area (Å²) in [5.74, 6) is -1.97. The minimum absolute atomic E-state index is 0.0590. The van der Waals surface area contributed by atoms with Gasteiger partial charge in [0.05, 0.1) is 0 Å². The number of nitrogens with one attached hydrogen (secondary N) is 1. The molecular formula is C17H21N3O5S. The molecular weight excluding hydrogens is 358 g/mol. The van der Waals surface area contributed by atoms with Crippen LogP contribution < -0.4 is 11.1 Å². The van der Waals surface area contributed by atoms with Gasteiger partial charge in [-0.25, -0.2) is 4.79 Å². The Bertz CT molecular complexity index is 781. The van der Waals surface area contributed by atoms with Crippen LogP contribution in [-0.4, -0.2) is 54.6 Å². The summed E-state index contributed by atoms with van der Waals surface area (Å²) in [5, 5.41) is 21.1. The Kier molecular flexibility index (Phi) is 4.19. The minimum atomic E-state index is -1.35. The molecule has 0 aliphatic carbocycles. The van der Waals surface area contributed by atoms with E-state index in [0.29, 0.717) is 5.56 Å². The fourth-order valence-electron chi connectivity index (χ4n) is 3.34. The Balaban J connectivity index is 1.75. The molecule has 26 heavy (non-hydrogen) atoms. The Hall–Kier alpha value is -2.26. The molecule has 0 bridgehead atoms. The number of phenolic OH excluding ortho intramolecular Hbond substituents is 1. The zero-order chi connectivity index (χ0) is 19.4. The van der Waals surface area contributed by atoms with Crippen LogP contribution in [0.4, 0.5) is 0 Å². The monoisotopic (exact) mass is 379 g/mol. The Morgan fingerprint density at radius 1 is 1.27 bits per heavy atom. The van der Waals surface area contributed by atoms with E-state index in [1.54, 1.807) is 13.8 Å². The molecule has 0 radical (unpaired) electrons. The molecule has 5 N–H and O–H groups in total. The molecule has 1 aromatic rings. The number of thioether (sulfide) groups is 1. The summed E-state index contributed by atoms with van der Waals surface area (Å²) in [6, 6.07) is 4.10. The Labute approximate surface area is 154 Å². The van der Waals surface area contributed by atoms with Crippen LogP contribution in [0.15, 0.2) is 24.3 Å². The van der Waals surface area contributed by atoms with Gasteiger partial charge >= 0.3 is 5.97 Å². The molecule has 2 aliphatic heterocycles. The van der Waals surface area contributed by atoms with Crippen molar-refractivity contribution in [1.29, 1.82) is 0 Å². The van der Waals surface area contributed by atoms with Crippen LogP contribution in [-0.2, 0) is 14.4 Å². The van der Waals surface area contributed by atoms with Crippen molar-refractivity contribution >= 4 is 29.5 Å². The molecule has 9 heteroatoms. The first-order chi connectivity index (χ1) is 12.0. The number of hydrogen-bond acceptors (Lipinski definition) is 6. The van der Waals surface area contributed by atoms with E-state index in [0.717, 1.165) is 0 Å². The number of rotatable bonds is 4. The average Bonchev–Trinajstić information content (AvgIpc) is 2.77. The van der Waals surface area contributed by atoms with Gasteiger partial charge in [0.1, 0.15) is 23.2 Å². The molecule has 0 saturated carbocycles. The normalized spacial score (nSPS) is 30.3. The van der Waals surface area contributed by atoms with Crippen LogP contribution in [0, 0.1) is 0 Å². The van der Waals surface area contributed by atoms with E-state index in [1.165, 1.54) is 47.9 Å². The quantitative estimate of drug-likeness (QED) is 0.557. The van der Waals surface area contributed by atoms with Crippen LogP contribution in [0.2, 0.25) is 0 Å². The van der Waals surface area contributed by atoms with E-state index < -0.39 is 45.5 Å². The lowest BCUT2D eigenvalue weighted by Crippen LogP contribution is -2.75. The van der Waals surface area contributed by atoms with Gasteiger partial charge in [0.2, 0.25) is 11.8 Å². The highest BCUT2D eigenvalue weighted by atomic mass is 32.2. The van der Waals surface area contributed by atoms with E-state index >= 15 is 0 Å². The maximum Gasteiger partial charge on any atom is 0.330 e. The maximum absolute atomic E-state index is 12.6. The second kappa shape index (κ2) is 5.88. The van der Waals surface area contributed by atoms with Gasteiger partial charge in [-0.05, 0) is 38.5 Å². The first-order valence-electron chi connectivity index (χ1n) is 8.10. The third kappa shape index (κ3) is 2.45. The van der Waals surface area contributed by atoms with E-state index in [4.69, 9.17) is 5.73 Å². The second-order valence-corrected chi connectivity index (χ2v) is 8.90. The predicted octanol–water partition coefficient (Wildman–Crippen LogP) is 0.414. The lowest BCUT2D eigenvalue weighted by molar-refractivity contribution is -0.170. The van der Waals surface area contributed by atoms with Crippen molar-refractivity contribution in [2.75, 3.05) is 0 Å². The summed E-state index contributed by atoms with van der Waals surface area (Å²) in [6.07, 6.45) is 0. The summed E-state index contributed by atoms with van der Waals surface area (Å²) in [4.78, 5) is 38.1. The van der Waals surface area contributed by atoms with E-state index in [-0.39, 0.29) is 5.75 Å². The first kappa shape index (κ1) is 18.5. The molecule has 0 unspecified atom stereocenters. The smallest absolute Gasteiger partial charge is 0.330 e. The number of phenols is 1. The minimum Gasteiger partial charge on any atom is -0.508 e. The number of nitrogens with zero attached hydrogens (tertiary/aromatic N) is 1. The van der Waals surface area contributed by atoms with Crippen molar-refractivity contribution in [3.63, 3.8) is 0 Å². The third-order valence-corrected chi connectivity index (χ3v) is 7.07. The van der Waals surface area contributed by atoms with E-state index in [1.807, 2.05) is 0 Å². The molecule has 0 aromatic heterocycles. The number of nitrogens with two attached hydrogens (primary N) is 1. The summed E-state index contributed by atoms with van der Waals surface area (Å²) < 4.78 is -0.711. The van der Waals surface area contributed by atoms with Gasteiger partial charge in [0, 0.05) is 4.75 Å². The number of hydrogen-bond donors (Lipinski definition) is 4. The number of carbonyl (C=O) groups is 3. The molecule has 8 nitrogen and oxygen atoms in total. The Morgan fingerprint density at radius 2 is 1.85 bits per heavy atom. The van der Waals surface area contributed by atoms with Gasteiger partial charge in [-0.2, -0.15) is 0 Å². The topological polar surface area (TPSA) is 133 Å². The highest BCUT2D eigenvalue weighted by Gasteiger charge is 2.70. The standard InChI is InChI=1S/C17H21N3O5S/c1-16(2)17(3,15(24)25)20-13(23)11(14(20)26-16)19-12(22)10(18)8-4-6-9(21)7-5-8/h4-7,10-11,14,21H,18H2,1-3H3,(H,19,22)(H,24,25)/t10-,11-,14-,17+/m1/s1. The van der Waals surface area contributed by atoms with Gasteiger partial charge in [-0.1, -0.05) is 12.1 Å². The van der Waals surface area contributed by atoms with Crippen molar-refractivity contribution in [2.45, 2.75) is 48.5 Å². The predicted molar refractivity (Wildman–Crippen MR) is 95.3 cm³/mol. The molecule has 4 atom stereocenters. The zero-order valence-corrected chi connectivity index (χ0v) is 15.4. The summed E-state index contributed by atoms with van der Waals surface area (Å²) in [7, 11) is 0. The van der Waals surface area contributed by atoms with E-state index in [9.17, 15) is 24.6 Å². The number of carboxylic acid groups (broad SMARTS) is 1. The lowest BCUT2D eigenvalue weighted by Gasteiger charge is -2.48. The number of carbonyl (C=O) groups excluding carboxylic acids is 2. The number of carboxylic acids is 1. The summed E-state index contributed by atoms with van der Waals surface area (Å²) >= 11 is 1.35. The summed E-state index contributed by atoms with van der Waals surface area (Å²) in [6.45, 7) is 5.08. The van der Waals surface area contributed by atoms with Crippen molar-refractivity contribution in [2.24, 2.45) is 5.73 Å². The van der Waals surface area contributed by atoms with Crippen molar-refractivity contribution in [1.82, 2.24) is 10.2 Å². The number of amides is 2. The highest BCUT2D eigenvalue weighted by molar-refractivity contribution is 8.01. The lowest BCUT2D eigenvalue weighted by atomic mass is 9.82. The van der Waals surface area contributed by atoms with Crippen LogP contribution in [0.5, 0.6) is 5.75 Å². The molecule has 140 valence electrons. The van der Waals surface area contributed by atoms with Crippen LogP contribution >= 0.6 is 11.8 Å². The van der Waals surface area contributed by atoms with Crippen molar-refractivity contribution in [3.8, 4) is 5.75 Å². The number of fused-ring (bicyclic) bond motifs is 1. The molecule has 2 saturated heterocycles. The first-order valence-corrected chi connectivity index (χ1v) is 8.98. The molecule has 2 amide bonds. The van der Waals surface area contributed by atoms with Crippen LogP contribution in [0.1, 0.15) is 32.4 Å². The van der Waals surface area contributed by atoms with Crippen LogP contribution in [0.25, 0.3) is 0 Å². The number of β-lactam (4-membered cyclic amide) rings is 1. The SMILES string of the molecule is CC1(C)S[C@@H]2[C@H](NC(=O)[C@H](N)c3ccc(O)cc3)C(=O)N2[C@@]1(C)C(=O)O. The van der Waals surface area contributed by atoms with Crippen molar-refractivity contribution in [3.05, 3.63) is 29.8 Å². The molecule has 1 aromatic carbocycles. The van der Waals surface area contributed by atoms with Crippen LogP contribution in [0.3, 0.4) is 0 Å². The fraction of sp³-hybridized carbons (Fsp3) is 0.471. The van der Waals surface area contributed by atoms with Gasteiger partial charge in [0.15, 0.2) is 5.54 Å². The third-order valence-electron chi connectivity index (χ3n) is 5.36. The van der Waals surface area contributed by atoms with Gasteiger partial charge < -0.3 is 26.2 Å². The largest absolute Gasteiger partial charge is 0.508 e. The Morgan fingerprint density at radius 3 is 2.38 bits per heavy atom. The van der Waals surface area contributed by atoms with Crippen molar-refractivity contribution < 1.29 is 24.6 Å². The molecule has 3 rings (SSSR count). The molecule has 2 aliphatic rings. The molecule has 2 fully saturated rings. The fourth-order valence-corrected chi connectivity index (χ4v) is 5.10. The van der Waals surface area contributed by atoms with Gasteiger partial charge in [-0.3, -0.25) is 9.59 Å². The number of aliphatic carboxylic acids is 1. The maximum atomic E-state index is 12.6. The average molecular weight is 379 g/mol. The van der Waals surface area contributed by atoms with Gasteiger partial charge in [0.25, 0.3) is 0 Å². The van der Waals surface area contributed by atoms with E-state index in [2.05, 4.69) is 5.32 Å². The number of benzene rings is 1.